The van der Waals surface area contributed by atoms with Crippen molar-refractivity contribution in [1.82, 2.24) is 0 Å². The summed E-state index contributed by atoms with van der Waals surface area (Å²) in [5.41, 5.74) is 0. The van der Waals surface area contributed by atoms with Crippen LogP contribution in [0, 0.1) is 5.92 Å². The Balaban J connectivity index is 3.09. The second-order valence-corrected chi connectivity index (χ2v) is 1.61. The van der Waals surface area contributed by atoms with Crippen molar-refractivity contribution in [1.29, 1.82) is 0 Å². The van der Waals surface area contributed by atoms with Crippen LogP contribution in [0.15, 0.2) is 12.7 Å². The Morgan fingerprint density at radius 2 is 2.62 bits per heavy atom. The maximum Gasteiger partial charge on any atom is 0.417 e. The predicted molar refractivity (Wildman–Crippen MR) is 31.0 cm³/mol. The summed E-state index contributed by atoms with van der Waals surface area (Å²) in [5.74, 6) is 0.233. The standard InChI is InChI=1S/C6H9O2/c1-3-6(2)4-8-5-7/h3,6H,1,4H2,2H3. The quantitative estimate of drug-likeness (QED) is 0.506. The molecule has 0 aromatic rings. The zero-order valence-corrected chi connectivity index (χ0v) is 4.89. The van der Waals surface area contributed by atoms with Crippen molar-refractivity contribution in [2.24, 2.45) is 5.92 Å². The van der Waals surface area contributed by atoms with E-state index in [9.17, 15) is 4.79 Å². The fourth-order valence-corrected chi connectivity index (χ4v) is 0.234. The zero-order chi connectivity index (χ0) is 6.41. The maximum atomic E-state index is 9.44. The molecular formula is C6H9O2. The van der Waals surface area contributed by atoms with Gasteiger partial charge in [0.05, 0.1) is 6.61 Å². The molecule has 0 aromatic heterocycles. The molecule has 1 atom stereocenters. The minimum Gasteiger partial charge on any atom is -0.457 e. The molecule has 0 aliphatic carbocycles. The van der Waals surface area contributed by atoms with E-state index in [4.69, 9.17) is 0 Å². The van der Waals surface area contributed by atoms with Crippen LogP contribution in [-0.2, 0) is 9.53 Å². The van der Waals surface area contributed by atoms with E-state index in [1.165, 1.54) is 6.47 Å². The van der Waals surface area contributed by atoms with Gasteiger partial charge in [-0.25, -0.2) is 4.79 Å². The lowest BCUT2D eigenvalue weighted by Gasteiger charge is -1.99. The Kier molecular flexibility index (Phi) is 3.94. The molecule has 0 rings (SSSR count). The van der Waals surface area contributed by atoms with Crippen LogP contribution in [0.1, 0.15) is 6.92 Å². The van der Waals surface area contributed by atoms with E-state index >= 15 is 0 Å². The van der Waals surface area contributed by atoms with Crippen LogP contribution in [0.3, 0.4) is 0 Å². The highest BCUT2D eigenvalue weighted by Crippen LogP contribution is 1.93. The summed E-state index contributed by atoms with van der Waals surface area (Å²) in [7, 11) is 0. The monoisotopic (exact) mass is 113 g/mol. The summed E-state index contributed by atoms with van der Waals surface area (Å²) < 4.78 is 4.31. The molecule has 45 valence electrons. The normalized spacial score (nSPS) is 12.1. The predicted octanol–water partition coefficient (Wildman–Crippen LogP) is 0.892. The van der Waals surface area contributed by atoms with Gasteiger partial charge in [-0.05, 0) is 0 Å². The molecule has 0 heterocycles. The van der Waals surface area contributed by atoms with E-state index in [0.29, 0.717) is 6.61 Å². The lowest BCUT2D eigenvalue weighted by Crippen LogP contribution is -2.00. The number of carbonyl (C=O) groups excluding carboxylic acids is 1. The number of rotatable bonds is 4. The van der Waals surface area contributed by atoms with Crippen LogP contribution < -0.4 is 0 Å². The van der Waals surface area contributed by atoms with Crippen LogP contribution >= 0.6 is 0 Å². The Bertz CT molecular complexity index is 78.6. The second kappa shape index (κ2) is 4.37. The van der Waals surface area contributed by atoms with Gasteiger partial charge in [0.25, 0.3) is 0 Å². The van der Waals surface area contributed by atoms with E-state index in [1.807, 2.05) is 6.92 Å². The first-order chi connectivity index (χ1) is 3.81. The Labute approximate surface area is 49.1 Å². The van der Waals surface area contributed by atoms with Crippen LogP contribution in [0.4, 0.5) is 0 Å². The van der Waals surface area contributed by atoms with Gasteiger partial charge in [0.1, 0.15) is 0 Å². The number of hydrogen-bond acceptors (Lipinski definition) is 2. The van der Waals surface area contributed by atoms with E-state index < -0.39 is 0 Å². The van der Waals surface area contributed by atoms with Crippen molar-refractivity contribution in [3.63, 3.8) is 0 Å². The molecule has 2 heteroatoms. The third kappa shape index (κ3) is 3.40. The molecule has 0 fully saturated rings. The Hall–Kier alpha value is -0.790. The average Bonchev–Trinajstić information content (AvgIpc) is 1.83. The Morgan fingerprint density at radius 3 is 3.00 bits per heavy atom. The van der Waals surface area contributed by atoms with Crippen LogP contribution in [0.5, 0.6) is 0 Å². The van der Waals surface area contributed by atoms with Crippen molar-refractivity contribution in [2.45, 2.75) is 6.92 Å². The molecule has 1 unspecified atom stereocenters. The highest BCUT2D eigenvalue weighted by molar-refractivity contribution is 5.38. The zero-order valence-electron chi connectivity index (χ0n) is 4.89. The summed E-state index contributed by atoms with van der Waals surface area (Å²) in [5, 5.41) is 0. The van der Waals surface area contributed by atoms with Crippen molar-refractivity contribution in [3.8, 4) is 0 Å². The molecular weight excluding hydrogens is 104 g/mol. The molecule has 0 bridgehead atoms. The topological polar surface area (TPSA) is 26.3 Å². The molecule has 0 aliphatic rings. The SMILES string of the molecule is C=CC(C)CO[C]=O. The van der Waals surface area contributed by atoms with Gasteiger partial charge < -0.3 is 4.74 Å². The third-order valence-electron chi connectivity index (χ3n) is 0.808. The average molecular weight is 113 g/mol. The summed E-state index contributed by atoms with van der Waals surface area (Å²) in [4.78, 5) is 9.44. The molecule has 0 amide bonds. The molecule has 1 radical (unpaired) electrons. The summed E-state index contributed by atoms with van der Waals surface area (Å²) in [6, 6.07) is 0. The molecule has 8 heavy (non-hydrogen) atoms. The van der Waals surface area contributed by atoms with Gasteiger partial charge in [-0.1, -0.05) is 13.0 Å². The minimum absolute atomic E-state index is 0.233. The van der Waals surface area contributed by atoms with E-state index in [-0.39, 0.29) is 5.92 Å². The van der Waals surface area contributed by atoms with Gasteiger partial charge in [-0.15, -0.1) is 6.58 Å². The first-order valence-corrected chi connectivity index (χ1v) is 2.42. The van der Waals surface area contributed by atoms with Gasteiger partial charge in [0.2, 0.25) is 0 Å². The first kappa shape index (κ1) is 7.21. The second-order valence-electron chi connectivity index (χ2n) is 1.61. The van der Waals surface area contributed by atoms with Crippen molar-refractivity contribution in [3.05, 3.63) is 12.7 Å². The molecule has 0 saturated carbocycles. The summed E-state index contributed by atoms with van der Waals surface area (Å²) in [6.07, 6.45) is 1.72. The molecule has 0 spiro atoms. The van der Waals surface area contributed by atoms with Crippen molar-refractivity contribution >= 4 is 6.47 Å². The maximum absolute atomic E-state index is 9.44. The molecule has 0 aromatic carbocycles. The minimum atomic E-state index is 0.233. The van der Waals surface area contributed by atoms with Crippen molar-refractivity contribution < 1.29 is 9.53 Å². The molecule has 2 nitrogen and oxygen atoms in total. The first-order valence-electron chi connectivity index (χ1n) is 2.42. The number of hydrogen-bond donors (Lipinski definition) is 0. The molecule has 0 aliphatic heterocycles. The van der Waals surface area contributed by atoms with Gasteiger partial charge >= 0.3 is 6.47 Å². The molecule has 0 N–H and O–H groups in total. The fraction of sp³-hybridized carbons (Fsp3) is 0.500. The van der Waals surface area contributed by atoms with Gasteiger partial charge in [-0.2, -0.15) is 0 Å². The highest BCUT2D eigenvalue weighted by Gasteiger charge is 1.92. The highest BCUT2D eigenvalue weighted by atomic mass is 16.5. The summed E-state index contributed by atoms with van der Waals surface area (Å²) in [6.45, 7) is 7.13. The van der Waals surface area contributed by atoms with Gasteiger partial charge in [0, 0.05) is 5.92 Å². The third-order valence-corrected chi connectivity index (χ3v) is 0.808. The van der Waals surface area contributed by atoms with E-state index in [0.717, 1.165) is 0 Å². The Morgan fingerprint density at radius 1 is 2.00 bits per heavy atom. The van der Waals surface area contributed by atoms with Crippen LogP contribution in [-0.4, -0.2) is 13.1 Å². The smallest absolute Gasteiger partial charge is 0.417 e. The van der Waals surface area contributed by atoms with Crippen LogP contribution in [0.25, 0.3) is 0 Å². The molecule has 0 saturated heterocycles. The lowest BCUT2D eigenvalue weighted by molar-refractivity contribution is 0.252. The lowest BCUT2D eigenvalue weighted by atomic mass is 10.2. The van der Waals surface area contributed by atoms with Gasteiger partial charge in [0.15, 0.2) is 0 Å². The largest absolute Gasteiger partial charge is 0.457 e. The van der Waals surface area contributed by atoms with E-state index in [2.05, 4.69) is 11.3 Å². The fourth-order valence-electron chi connectivity index (χ4n) is 0.234. The van der Waals surface area contributed by atoms with E-state index in [1.54, 1.807) is 6.08 Å². The number of ether oxygens (including phenoxy) is 1. The van der Waals surface area contributed by atoms with Crippen LogP contribution in [0.2, 0.25) is 0 Å². The van der Waals surface area contributed by atoms with Crippen molar-refractivity contribution in [2.75, 3.05) is 6.61 Å². The van der Waals surface area contributed by atoms with Gasteiger partial charge in [-0.3, -0.25) is 0 Å². The summed E-state index contributed by atoms with van der Waals surface area (Å²) >= 11 is 0.